The number of ether oxygens (including phenoxy) is 1. The summed E-state index contributed by atoms with van der Waals surface area (Å²) < 4.78 is 7.94. The number of carbonyl (C=O) groups excluding carboxylic acids is 3. The van der Waals surface area contributed by atoms with Crippen LogP contribution >= 0.6 is 0 Å². The van der Waals surface area contributed by atoms with Crippen LogP contribution in [0.2, 0.25) is 0 Å². The van der Waals surface area contributed by atoms with Gasteiger partial charge in [0.2, 0.25) is 0 Å². The van der Waals surface area contributed by atoms with Gasteiger partial charge in [-0.25, -0.2) is 0 Å². The minimum atomic E-state index is -0.150. The zero-order valence-electron chi connectivity index (χ0n) is 20.8. The Hall–Kier alpha value is -4.26. The molecule has 7 heteroatoms. The molecule has 0 bridgehead atoms. The lowest BCUT2D eigenvalue weighted by Crippen LogP contribution is -2.17. The van der Waals surface area contributed by atoms with E-state index in [4.69, 9.17) is 14.3 Å². The molecule has 0 atom stereocenters. The number of fused-ring (bicyclic) bond motifs is 1. The van der Waals surface area contributed by atoms with E-state index in [9.17, 15) is 4.79 Å². The van der Waals surface area contributed by atoms with Gasteiger partial charge in [0.25, 0.3) is 5.91 Å². The molecule has 0 saturated carbocycles. The lowest BCUT2D eigenvalue weighted by atomic mass is 9.86. The third-order valence-electron chi connectivity index (χ3n) is 5.48. The maximum Gasteiger partial charge on any atom is 0.272 e. The Kier molecular flexibility index (Phi) is 9.05. The monoisotopic (exact) mass is 473 g/mol. The van der Waals surface area contributed by atoms with Gasteiger partial charge in [-0.15, -0.1) is 0 Å². The number of pyridine rings is 1. The van der Waals surface area contributed by atoms with Gasteiger partial charge in [-0.1, -0.05) is 45.0 Å². The Labute approximate surface area is 205 Å². The number of anilines is 1. The summed E-state index contributed by atoms with van der Waals surface area (Å²) in [6, 6.07) is 17.6. The van der Waals surface area contributed by atoms with Crippen LogP contribution in [0.15, 0.2) is 67.0 Å². The summed E-state index contributed by atoms with van der Waals surface area (Å²) in [6.07, 6.45) is 3.38. The summed E-state index contributed by atoms with van der Waals surface area (Å²) in [7, 11) is 1.88. The molecule has 0 spiro atoms. The Bertz CT molecular complexity index is 1290. The van der Waals surface area contributed by atoms with Crippen molar-refractivity contribution in [3.63, 3.8) is 0 Å². The van der Waals surface area contributed by atoms with Crippen molar-refractivity contribution < 1.29 is 19.1 Å². The smallest absolute Gasteiger partial charge is 0.272 e. The minimum Gasteiger partial charge on any atom is -0.455 e. The molecule has 0 aliphatic heterocycles. The van der Waals surface area contributed by atoms with E-state index in [0.717, 1.165) is 22.2 Å². The van der Waals surface area contributed by atoms with Crippen molar-refractivity contribution in [3.8, 4) is 11.5 Å². The Balaban J connectivity index is 0.00000103. The molecule has 1 amide bonds. The van der Waals surface area contributed by atoms with Gasteiger partial charge in [-0.2, -0.15) is 0 Å². The Morgan fingerprint density at radius 1 is 0.971 bits per heavy atom. The van der Waals surface area contributed by atoms with Gasteiger partial charge < -0.3 is 24.2 Å². The topological polar surface area (TPSA) is 90.3 Å². The number of aromatic nitrogens is 2. The van der Waals surface area contributed by atoms with Crippen molar-refractivity contribution in [2.45, 2.75) is 33.1 Å². The van der Waals surface area contributed by atoms with Crippen molar-refractivity contribution in [3.05, 3.63) is 83.8 Å². The number of benzene rings is 2. The largest absolute Gasteiger partial charge is 0.455 e. The summed E-state index contributed by atoms with van der Waals surface area (Å²) in [6.45, 7) is 12.5. The third kappa shape index (κ3) is 6.20. The van der Waals surface area contributed by atoms with E-state index >= 15 is 0 Å². The number of amides is 1. The van der Waals surface area contributed by atoms with Gasteiger partial charge in [-0.05, 0) is 53.8 Å². The number of hydrogen-bond acceptors (Lipinski definition) is 5. The first-order chi connectivity index (χ1) is 16.7. The highest BCUT2D eigenvalue weighted by Crippen LogP contribution is 2.32. The lowest BCUT2D eigenvalue weighted by Gasteiger charge is -2.21. The summed E-state index contributed by atoms with van der Waals surface area (Å²) in [4.78, 5) is 33.2. The molecule has 4 rings (SSSR count). The molecular weight excluding hydrogens is 442 g/mol. The summed E-state index contributed by atoms with van der Waals surface area (Å²) in [5.41, 5.74) is 4.48. The molecule has 0 aliphatic rings. The van der Waals surface area contributed by atoms with Crippen LogP contribution in [0.4, 0.5) is 5.69 Å². The number of carbonyl (C=O) groups is 3. The number of para-hydroxylation sites is 1. The maximum absolute atomic E-state index is 13.2. The quantitative estimate of drug-likeness (QED) is 0.401. The number of nitrogens with zero attached hydrogens (tertiary/aromatic N) is 2. The van der Waals surface area contributed by atoms with Crippen LogP contribution in [0.1, 0.15) is 42.4 Å². The first-order valence-corrected chi connectivity index (χ1v) is 10.9. The van der Waals surface area contributed by atoms with Crippen LogP contribution in [0.25, 0.3) is 10.9 Å². The van der Waals surface area contributed by atoms with Gasteiger partial charge >= 0.3 is 0 Å². The second kappa shape index (κ2) is 11.7. The summed E-state index contributed by atoms with van der Waals surface area (Å²) in [5.74, 6) is 1.24. The van der Waals surface area contributed by atoms with Crippen molar-refractivity contribution >= 4 is 36.1 Å². The lowest BCUT2D eigenvalue weighted by molar-refractivity contribution is -0.0987. The fraction of sp³-hybridized carbons (Fsp3) is 0.214. The van der Waals surface area contributed by atoms with Crippen molar-refractivity contribution in [2.75, 3.05) is 5.32 Å². The van der Waals surface area contributed by atoms with Crippen molar-refractivity contribution in [1.82, 2.24) is 9.55 Å². The van der Waals surface area contributed by atoms with Crippen molar-refractivity contribution in [2.24, 2.45) is 7.05 Å². The van der Waals surface area contributed by atoms with Crippen molar-refractivity contribution in [1.29, 1.82) is 0 Å². The second-order valence-electron chi connectivity index (χ2n) is 8.80. The second-order valence-corrected chi connectivity index (χ2v) is 8.80. The van der Waals surface area contributed by atoms with Crippen LogP contribution in [0.3, 0.4) is 0 Å². The Morgan fingerprint density at radius 2 is 1.63 bits per heavy atom. The molecular formula is C28H31N3O4. The first kappa shape index (κ1) is 27.0. The van der Waals surface area contributed by atoms with Gasteiger partial charge in [0, 0.05) is 30.5 Å². The molecule has 0 saturated heterocycles. The molecule has 4 aromatic rings. The highest BCUT2D eigenvalue weighted by atomic mass is 16.5. The molecule has 7 nitrogen and oxygen atoms in total. The average molecular weight is 474 g/mol. The molecule has 1 N–H and O–H groups in total. The van der Waals surface area contributed by atoms with E-state index in [1.807, 2.05) is 56.4 Å². The normalized spacial score (nSPS) is 10.4. The predicted octanol–water partition coefficient (Wildman–Crippen LogP) is 5.85. The number of nitrogens with one attached hydrogen (secondary N) is 1. The van der Waals surface area contributed by atoms with Gasteiger partial charge in [0.05, 0.1) is 5.52 Å². The van der Waals surface area contributed by atoms with E-state index in [1.165, 1.54) is 5.56 Å². The van der Waals surface area contributed by atoms with Gasteiger partial charge in [0.1, 0.15) is 25.0 Å². The average Bonchev–Trinajstić information content (AvgIpc) is 3.20. The summed E-state index contributed by atoms with van der Waals surface area (Å²) in [5, 5.41) is 4.04. The van der Waals surface area contributed by atoms with E-state index in [1.54, 1.807) is 24.5 Å². The number of aryl methyl sites for hydroxylation is 2. The molecule has 0 fully saturated rings. The SMILES string of the molecule is C=O.C=O.Cc1ccc(C(C)(C)C)cc1NC(=O)c1cc2cccc(Oc3ccncc3)c2n1C. The standard InChI is InChI=1S/C26H27N3O2.2CH2O/c1-17-9-10-19(26(2,3)4)16-21(17)28-25(30)22-15-18-7-6-8-23(24(18)29(22)5)31-20-11-13-27-14-12-20;2*1-2/h6-16H,1-5H3,(H,28,30);2*1H2. The fourth-order valence-electron chi connectivity index (χ4n) is 3.62. The minimum absolute atomic E-state index is 0.00598. The number of hydrogen-bond donors (Lipinski definition) is 1. The van der Waals surface area contributed by atoms with Crippen LogP contribution in [0.5, 0.6) is 11.5 Å². The first-order valence-electron chi connectivity index (χ1n) is 10.9. The zero-order valence-corrected chi connectivity index (χ0v) is 20.8. The van der Waals surface area contributed by atoms with E-state index in [0.29, 0.717) is 17.2 Å². The Morgan fingerprint density at radius 3 is 2.26 bits per heavy atom. The molecule has 0 radical (unpaired) electrons. The maximum atomic E-state index is 13.2. The summed E-state index contributed by atoms with van der Waals surface area (Å²) >= 11 is 0. The zero-order chi connectivity index (χ0) is 26.2. The van der Waals surface area contributed by atoms with E-state index in [2.05, 4.69) is 49.3 Å². The van der Waals surface area contributed by atoms with Crippen LogP contribution in [0, 0.1) is 6.92 Å². The predicted molar refractivity (Wildman–Crippen MR) is 139 cm³/mol. The fourth-order valence-corrected chi connectivity index (χ4v) is 3.62. The molecule has 2 aromatic heterocycles. The highest BCUT2D eigenvalue weighted by Gasteiger charge is 2.19. The van der Waals surface area contributed by atoms with E-state index < -0.39 is 0 Å². The molecule has 0 unspecified atom stereocenters. The molecule has 0 aliphatic carbocycles. The van der Waals surface area contributed by atoms with Gasteiger partial charge in [-0.3, -0.25) is 9.78 Å². The molecule has 182 valence electrons. The van der Waals surface area contributed by atoms with Crippen LogP contribution in [-0.2, 0) is 22.1 Å². The van der Waals surface area contributed by atoms with E-state index in [-0.39, 0.29) is 11.3 Å². The molecule has 2 aromatic carbocycles. The third-order valence-corrected chi connectivity index (χ3v) is 5.48. The van der Waals surface area contributed by atoms with Crippen LogP contribution in [-0.4, -0.2) is 29.0 Å². The van der Waals surface area contributed by atoms with Gasteiger partial charge in [0.15, 0.2) is 5.75 Å². The highest BCUT2D eigenvalue weighted by molar-refractivity contribution is 6.07. The van der Waals surface area contributed by atoms with Crippen LogP contribution < -0.4 is 10.1 Å². The number of rotatable bonds is 4. The molecule has 35 heavy (non-hydrogen) atoms. The molecule has 2 heterocycles.